The van der Waals surface area contributed by atoms with Gasteiger partial charge in [-0.2, -0.15) is 0 Å². The highest BCUT2D eigenvalue weighted by molar-refractivity contribution is 9.10. The van der Waals surface area contributed by atoms with Crippen LogP contribution in [0.3, 0.4) is 0 Å². The summed E-state index contributed by atoms with van der Waals surface area (Å²) >= 11 is 3.33. The second-order valence-corrected chi connectivity index (χ2v) is 6.24. The molecule has 0 saturated heterocycles. The first-order valence-electron chi connectivity index (χ1n) is 6.66. The van der Waals surface area contributed by atoms with Crippen LogP contribution in [0.25, 0.3) is 0 Å². The van der Waals surface area contributed by atoms with Crippen LogP contribution in [0.15, 0.2) is 35.5 Å². The molecule has 3 rings (SSSR count). The quantitative estimate of drug-likeness (QED) is 0.787. The van der Waals surface area contributed by atoms with Crippen molar-refractivity contribution in [1.82, 2.24) is 14.5 Å². The van der Waals surface area contributed by atoms with Crippen molar-refractivity contribution >= 4 is 21.7 Å². The number of hydrogen-bond donors (Lipinski definition) is 0. The number of aromatic nitrogens is 3. The molecule has 1 aliphatic carbocycles. The summed E-state index contributed by atoms with van der Waals surface area (Å²) in [4.78, 5) is 10.3. The van der Waals surface area contributed by atoms with Crippen LogP contribution in [-0.4, -0.2) is 26.5 Å². The SMILES string of the molecule is Cn1cnc(N(Cc2ccnc(Br)c2)C2CC(F)(F)C2)c1. The van der Waals surface area contributed by atoms with E-state index in [2.05, 4.69) is 25.9 Å². The predicted molar refractivity (Wildman–Crippen MR) is 79.3 cm³/mol. The largest absolute Gasteiger partial charge is 0.348 e. The van der Waals surface area contributed by atoms with Crippen molar-refractivity contribution in [2.24, 2.45) is 7.05 Å². The van der Waals surface area contributed by atoms with Crippen LogP contribution in [0, 0.1) is 0 Å². The lowest BCUT2D eigenvalue weighted by atomic mass is 9.86. The number of halogens is 3. The Bertz CT molecular complexity index is 635. The van der Waals surface area contributed by atoms with Gasteiger partial charge in [-0.25, -0.2) is 18.7 Å². The Morgan fingerprint density at radius 2 is 2.19 bits per heavy atom. The average Bonchev–Trinajstić information content (AvgIpc) is 2.80. The van der Waals surface area contributed by atoms with Crippen LogP contribution in [0.5, 0.6) is 0 Å². The highest BCUT2D eigenvalue weighted by atomic mass is 79.9. The lowest BCUT2D eigenvalue weighted by Gasteiger charge is -2.42. The van der Waals surface area contributed by atoms with E-state index in [1.54, 1.807) is 12.5 Å². The molecule has 0 bridgehead atoms. The molecule has 0 aromatic carbocycles. The minimum absolute atomic E-state index is 0.115. The number of imidazole rings is 1. The predicted octanol–water partition coefficient (Wildman–Crippen LogP) is 3.38. The molecular formula is C14H15BrF2N4. The summed E-state index contributed by atoms with van der Waals surface area (Å²) in [6, 6.07) is 3.60. The fourth-order valence-corrected chi connectivity index (χ4v) is 2.94. The van der Waals surface area contributed by atoms with Crippen LogP contribution in [-0.2, 0) is 13.6 Å². The summed E-state index contributed by atoms with van der Waals surface area (Å²) < 4.78 is 29.0. The second-order valence-electron chi connectivity index (χ2n) is 5.43. The Labute approximate surface area is 129 Å². The molecule has 2 heterocycles. The van der Waals surface area contributed by atoms with Crippen LogP contribution < -0.4 is 4.90 Å². The number of aryl methyl sites for hydroxylation is 1. The summed E-state index contributed by atoms with van der Waals surface area (Å²) in [5.74, 6) is -1.82. The molecule has 0 unspecified atom stereocenters. The third-order valence-corrected chi connectivity index (χ3v) is 4.07. The van der Waals surface area contributed by atoms with Gasteiger partial charge in [0.25, 0.3) is 5.92 Å². The molecule has 21 heavy (non-hydrogen) atoms. The van der Waals surface area contributed by atoms with Gasteiger partial charge in [0.2, 0.25) is 0 Å². The molecule has 0 N–H and O–H groups in total. The molecule has 112 valence electrons. The van der Waals surface area contributed by atoms with E-state index in [0.29, 0.717) is 6.54 Å². The molecule has 4 nitrogen and oxygen atoms in total. The van der Waals surface area contributed by atoms with Crippen molar-refractivity contribution < 1.29 is 8.78 Å². The molecule has 1 aliphatic rings. The van der Waals surface area contributed by atoms with Gasteiger partial charge < -0.3 is 9.47 Å². The highest BCUT2D eigenvalue weighted by Crippen LogP contribution is 2.42. The highest BCUT2D eigenvalue weighted by Gasteiger charge is 2.48. The number of rotatable bonds is 4. The molecule has 0 radical (unpaired) electrons. The van der Waals surface area contributed by atoms with E-state index in [1.807, 2.05) is 34.8 Å². The standard InChI is InChI=1S/C14H15BrF2N4/c1-20-8-13(19-9-20)21(11-5-14(16,17)6-11)7-10-2-3-18-12(15)4-10/h2-4,8-9,11H,5-7H2,1H3. The topological polar surface area (TPSA) is 34.0 Å². The Morgan fingerprint density at radius 1 is 1.43 bits per heavy atom. The van der Waals surface area contributed by atoms with E-state index >= 15 is 0 Å². The van der Waals surface area contributed by atoms with Crippen molar-refractivity contribution in [3.8, 4) is 0 Å². The van der Waals surface area contributed by atoms with Crippen molar-refractivity contribution in [3.05, 3.63) is 41.0 Å². The Hall–Kier alpha value is -1.50. The summed E-state index contributed by atoms with van der Waals surface area (Å²) in [6.07, 6.45) is 5.01. The van der Waals surface area contributed by atoms with E-state index in [-0.39, 0.29) is 18.9 Å². The zero-order chi connectivity index (χ0) is 15.0. The fourth-order valence-electron chi connectivity index (χ4n) is 2.53. The van der Waals surface area contributed by atoms with Crippen LogP contribution in [0.2, 0.25) is 0 Å². The molecule has 0 atom stereocenters. The number of pyridine rings is 1. The molecule has 2 aromatic rings. The second kappa shape index (κ2) is 5.36. The van der Waals surface area contributed by atoms with Gasteiger partial charge in [0.05, 0.1) is 6.33 Å². The molecule has 0 aliphatic heterocycles. The van der Waals surface area contributed by atoms with Crippen LogP contribution in [0.1, 0.15) is 18.4 Å². The van der Waals surface area contributed by atoms with E-state index in [0.717, 1.165) is 16.0 Å². The molecule has 1 fully saturated rings. The Balaban J connectivity index is 1.83. The first-order chi connectivity index (χ1) is 9.93. The van der Waals surface area contributed by atoms with E-state index < -0.39 is 5.92 Å². The molecule has 1 saturated carbocycles. The van der Waals surface area contributed by atoms with Gasteiger partial charge >= 0.3 is 0 Å². The molecule has 0 amide bonds. The smallest absolute Gasteiger partial charge is 0.252 e. The molecule has 2 aromatic heterocycles. The van der Waals surface area contributed by atoms with Crippen molar-refractivity contribution in [1.29, 1.82) is 0 Å². The van der Waals surface area contributed by atoms with E-state index in [4.69, 9.17) is 0 Å². The average molecular weight is 357 g/mol. The maximum Gasteiger partial charge on any atom is 0.252 e. The Morgan fingerprint density at radius 3 is 2.76 bits per heavy atom. The van der Waals surface area contributed by atoms with Gasteiger partial charge in [-0.15, -0.1) is 0 Å². The van der Waals surface area contributed by atoms with Gasteiger partial charge in [0, 0.05) is 44.9 Å². The molecule has 7 heteroatoms. The van der Waals surface area contributed by atoms with Crippen molar-refractivity contribution in [2.45, 2.75) is 31.4 Å². The monoisotopic (exact) mass is 356 g/mol. The zero-order valence-corrected chi connectivity index (χ0v) is 13.1. The minimum Gasteiger partial charge on any atom is -0.348 e. The van der Waals surface area contributed by atoms with E-state index in [9.17, 15) is 8.78 Å². The van der Waals surface area contributed by atoms with E-state index in [1.165, 1.54) is 0 Å². The van der Waals surface area contributed by atoms with Crippen LogP contribution >= 0.6 is 15.9 Å². The third-order valence-electron chi connectivity index (χ3n) is 3.64. The third kappa shape index (κ3) is 3.23. The molecular weight excluding hydrogens is 342 g/mol. The minimum atomic E-state index is -2.55. The molecule has 0 spiro atoms. The van der Waals surface area contributed by atoms with Gasteiger partial charge in [0.15, 0.2) is 0 Å². The van der Waals surface area contributed by atoms with Gasteiger partial charge in [0.1, 0.15) is 10.4 Å². The summed E-state index contributed by atoms with van der Waals surface area (Å²) in [5, 5.41) is 0. The zero-order valence-electron chi connectivity index (χ0n) is 11.5. The lowest BCUT2D eigenvalue weighted by Crippen LogP contribution is -2.50. The normalized spacial score (nSPS) is 17.5. The number of anilines is 1. The summed E-state index contributed by atoms with van der Waals surface area (Å²) in [7, 11) is 1.87. The summed E-state index contributed by atoms with van der Waals surface area (Å²) in [6.45, 7) is 0.541. The van der Waals surface area contributed by atoms with Crippen LogP contribution in [0.4, 0.5) is 14.6 Å². The lowest BCUT2D eigenvalue weighted by molar-refractivity contribution is -0.0862. The maximum atomic E-state index is 13.2. The number of alkyl halides is 2. The van der Waals surface area contributed by atoms with Crippen molar-refractivity contribution in [2.75, 3.05) is 4.90 Å². The van der Waals surface area contributed by atoms with Crippen molar-refractivity contribution in [3.63, 3.8) is 0 Å². The number of nitrogens with zero attached hydrogens (tertiary/aromatic N) is 4. The van der Waals surface area contributed by atoms with Gasteiger partial charge in [-0.3, -0.25) is 0 Å². The number of hydrogen-bond acceptors (Lipinski definition) is 3. The first-order valence-corrected chi connectivity index (χ1v) is 7.45. The Kier molecular flexibility index (Phi) is 3.69. The van der Waals surface area contributed by atoms with Gasteiger partial charge in [-0.1, -0.05) is 0 Å². The fraction of sp³-hybridized carbons (Fsp3) is 0.429. The van der Waals surface area contributed by atoms with Gasteiger partial charge in [-0.05, 0) is 33.6 Å². The summed E-state index contributed by atoms with van der Waals surface area (Å²) in [5.41, 5.74) is 1.01. The maximum absolute atomic E-state index is 13.2. The first kappa shape index (κ1) is 14.4.